The van der Waals surface area contributed by atoms with Gasteiger partial charge in [-0.1, -0.05) is 35.0 Å². The summed E-state index contributed by atoms with van der Waals surface area (Å²) in [5.41, 5.74) is 4.63. The molecule has 3 aromatic carbocycles. The minimum atomic E-state index is -0.589. The molecule has 6 rings (SSSR count). The first-order valence-electron chi connectivity index (χ1n) is 13.5. The summed E-state index contributed by atoms with van der Waals surface area (Å²) in [4.78, 5) is 23.7. The Morgan fingerprint density at radius 3 is 2.67 bits per heavy atom. The summed E-state index contributed by atoms with van der Waals surface area (Å²) < 4.78 is 21.9. The molecule has 0 radical (unpaired) electrons. The van der Waals surface area contributed by atoms with Crippen LogP contribution in [0, 0.1) is 17.5 Å². The molecule has 40 heavy (non-hydrogen) atoms. The third-order valence-electron chi connectivity index (χ3n) is 7.60. The van der Waals surface area contributed by atoms with Crippen LogP contribution in [0.15, 0.2) is 77.8 Å². The molecule has 4 aromatic rings. The fourth-order valence-corrected chi connectivity index (χ4v) is 6.34. The second-order valence-electron chi connectivity index (χ2n) is 10.4. The van der Waals surface area contributed by atoms with E-state index in [1.807, 2.05) is 55.6 Å². The number of amides is 1. The summed E-state index contributed by atoms with van der Waals surface area (Å²) in [5.74, 6) is 1.69. The SMILES string of the molecule is Cc1cc(-c2cnc3nc2NCCCCS(=N)c2cccc(c2)N3)ccc1NC(=O)C1(c2ccc(F)cc2)CC1. The number of aromatic nitrogens is 2. The Balaban J connectivity index is 1.25. The number of hydrogen-bond donors (Lipinski definition) is 4. The summed E-state index contributed by atoms with van der Waals surface area (Å²) >= 11 is 0. The topological polar surface area (TPSA) is 103 Å². The Morgan fingerprint density at radius 1 is 1.07 bits per heavy atom. The standard InChI is InChI=1S/C31H31FN6OS/c1-20-17-21(7-12-27(20)37-29(39)31(13-14-31)22-8-10-23(32)11-9-22)26-19-35-30-36-24-5-4-6-25(18-24)40(33)16-3-2-15-34-28(26)38-30/h4-12,17-19,33H,2-3,13-16H2,1H3,(H,37,39)(H2,34,35,36,38). The molecule has 2 heterocycles. The van der Waals surface area contributed by atoms with Gasteiger partial charge < -0.3 is 16.0 Å². The molecule has 4 N–H and O–H groups in total. The van der Waals surface area contributed by atoms with Gasteiger partial charge in [-0.05, 0) is 91.8 Å². The van der Waals surface area contributed by atoms with Crippen LogP contribution >= 0.6 is 0 Å². The average Bonchev–Trinajstić information content (AvgIpc) is 3.76. The molecule has 0 saturated heterocycles. The molecule has 1 aromatic heterocycles. The largest absolute Gasteiger partial charge is 0.369 e. The summed E-state index contributed by atoms with van der Waals surface area (Å²) in [6.07, 6.45) is 5.21. The number of nitrogens with zero attached hydrogens (tertiary/aromatic N) is 2. The lowest BCUT2D eigenvalue weighted by Gasteiger charge is -2.18. The van der Waals surface area contributed by atoms with Gasteiger partial charge in [-0.25, -0.2) is 9.37 Å². The van der Waals surface area contributed by atoms with Crippen LogP contribution in [-0.2, 0) is 20.9 Å². The van der Waals surface area contributed by atoms with Crippen molar-refractivity contribution in [1.29, 1.82) is 4.78 Å². The highest BCUT2D eigenvalue weighted by molar-refractivity contribution is 7.86. The van der Waals surface area contributed by atoms with Crippen molar-refractivity contribution < 1.29 is 9.18 Å². The highest BCUT2D eigenvalue weighted by Gasteiger charge is 2.51. The van der Waals surface area contributed by atoms with E-state index in [0.717, 1.165) is 82.3 Å². The van der Waals surface area contributed by atoms with Crippen LogP contribution in [0.5, 0.6) is 0 Å². The number of anilines is 4. The number of halogens is 1. The van der Waals surface area contributed by atoms with Crippen LogP contribution in [0.2, 0.25) is 0 Å². The number of benzene rings is 3. The van der Waals surface area contributed by atoms with E-state index < -0.39 is 16.1 Å². The molecule has 4 bridgehead atoms. The molecule has 1 unspecified atom stereocenters. The molecule has 7 nitrogen and oxygen atoms in total. The maximum Gasteiger partial charge on any atom is 0.235 e. The lowest BCUT2D eigenvalue weighted by molar-refractivity contribution is -0.118. The van der Waals surface area contributed by atoms with Crippen LogP contribution in [0.25, 0.3) is 11.1 Å². The van der Waals surface area contributed by atoms with Gasteiger partial charge in [0.2, 0.25) is 11.9 Å². The number of nitrogens with one attached hydrogen (secondary N) is 4. The number of carbonyl (C=O) groups excluding carboxylic acids is 1. The Labute approximate surface area is 235 Å². The highest BCUT2D eigenvalue weighted by Crippen LogP contribution is 2.49. The highest BCUT2D eigenvalue weighted by atomic mass is 32.2. The van der Waals surface area contributed by atoms with Crippen LogP contribution in [-0.4, -0.2) is 28.2 Å². The van der Waals surface area contributed by atoms with Gasteiger partial charge in [0.15, 0.2) is 0 Å². The fraction of sp³-hybridized carbons (Fsp3) is 0.258. The third kappa shape index (κ3) is 5.34. The lowest BCUT2D eigenvalue weighted by Crippen LogP contribution is -2.28. The van der Waals surface area contributed by atoms with E-state index in [-0.39, 0.29) is 11.7 Å². The van der Waals surface area contributed by atoms with E-state index >= 15 is 0 Å². The van der Waals surface area contributed by atoms with E-state index in [9.17, 15) is 9.18 Å². The van der Waals surface area contributed by atoms with Gasteiger partial charge in [0.1, 0.15) is 11.6 Å². The second kappa shape index (κ2) is 10.8. The molecule has 9 heteroatoms. The predicted molar refractivity (Wildman–Crippen MR) is 159 cm³/mol. The molecule has 1 aliphatic carbocycles. The minimum Gasteiger partial charge on any atom is -0.369 e. The van der Waals surface area contributed by atoms with Gasteiger partial charge in [-0.3, -0.25) is 9.57 Å². The first-order valence-corrected chi connectivity index (χ1v) is 14.9. The molecular weight excluding hydrogens is 523 g/mol. The molecule has 0 spiro atoms. The van der Waals surface area contributed by atoms with Crippen molar-refractivity contribution in [2.24, 2.45) is 0 Å². The van der Waals surface area contributed by atoms with Crippen LogP contribution in [0.4, 0.5) is 27.5 Å². The molecular formula is C31H31FN6OS. The van der Waals surface area contributed by atoms with Crippen molar-refractivity contribution in [2.45, 2.75) is 42.9 Å². The van der Waals surface area contributed by atoms with Gasteiger partial charge in [0.25, 0.3) is 0 Å². The van der Waals surface area contributed by atoms with Gasteiger partial charge in [-0.15, -0.1) is 0 Å². The van der Waals surface area contributed by atoms with Gasteiger partial charge in [-0.2, -0.15) is 4.98 Å². The number of rotatable bonds is 4. The molecule has 1 fully saturated rings. The van der Waals surface area contributed by atoms with Crippen molar-refractivity contribution in [3.63, 3.8) is 0 Å². The Bertz CT molecular complexity index is 1600. The Kier molecular flexibility index (Phi) is 7.06. The molecule has 1 aliphatic heterocycles. The van der Waals surface area contributed by atoms with Gasteiger partial charge >= 0.3 is 0 Å². The number of hydrogen-bond acceptors (Lipinski definition) is 6. The average molecular weight is 555 g/mol. The Hall–Kier alpha value is -4.11. The maximum atomic E-state index is 13.4. The van der Waals surface area contributed by atoms with Crippen molar-refractivity contribution in [1.82, 2.24) is 9.97 Å². The van der Waals surface area contributed by atoms with Crippen molar-refractivity contribution in [3.8, 4) is 11.1 Å². The number of fused-ring (bicyclic) bond motifs is 4. The molecule has 204 valence electrons. The van der Waals surface area contributed by atoms with E-state index in [0.29, 0.717) is 5.95 Å². The van der Waals surface area contributed by atoms with Gasteiger partial charge in [0, 0.05) is 40.3 Å². The summed E-state index contributed by atoms with van der Waals surface area (Å²) in [6.45, 7) is 2.72. The quantitative estimate of drug-likeness (QED) is 0.219. The van der Waals surface area contributed by atoms with Crippen LogP contribution < -0.4 is 16.0 Å². The zero-order valence-electron chi connectivity index (χ0n) is 22.3. The summed E-state index contributed by atoms with van der Waals surface area (Å²) in [7, 11) is -0.550. The Morgan fingerprint density at radius 2 is 1.90 bits per heavy atom. The van der Waals surface area contributed by atoms with Crippen LogP contribution in [0.1, 0.15) is 36.8 Å². The van der Waals surface area contributed by atoms with Gasteiger partial charge in [0.05, 0.1) is 5.41 Å². The normalized spacial score (nSPS) is 17.7. The van der Waals surface area contributed by atoms with Crippen molar-refractivity contribution >= 4 is 39.7 Å². The predicted octanol–water partition coefficient (Wildman–Crippen LogP) is 6.95. The van der Waals surface area contributed by atoms with E-state index in [4.69, 9.17) is 9.76 Å². The monoisotopic (exact) mass is 554 g/mol. The zero-order chi connectivity index (χ0) is 27.7. The minimum absolute atomic E-state index is 0.0620. The molecule has 2 aliphatic rings. The number of aryl methyl sites for hydroxylation is 1. The third-order valence-corrected chi connectivity index (χ3v) is 9.12. The second-order valence-corrected chi connectivity index (χ2v) is 12.1. The lowest BCUT2D eigenvalue weighted by atomic mass is 9.94. The zero-order valence-corrected chi connectivity index (χ0v) is 23.1. The summed E-state index contributed by atoms with van der Waals surface area (Å²) in [5, 5.41) is 9.88. The first-order chi connectivity index (χ1) is 19.4. The van der Waals surface area contributed by atoms with E-state index in [1.54, 1.807) is 12.1 Å². The first kappa shape index (κ1) is 26.1. The maximum absolute atomic E-state index is 13.4. The van der Waals surface area contributed by atoms with E-state index in [2.05, 4.69) is 20.9 Å². The number of carbonyl (C=O) groups is 1. The van der Waals surface area contributed by atoms with Crippen molar-refractivity contribution in [3.05, 3.63) is 89.9 Å². The molecule has 1 atom stereocenters. The molecule has 1 saturated carbocycles. The van der Waals surface area contributed by atoms with Crippen LogP contribution in [0.3, 0.4) is 0 Å². The van der Waals surface area contributed by atoms with E-state index in [1.165, 1.54) is 12.1 Å². The molecule has 1 amide bonds. The summed E-state index contributed by atoms with van der Waals surface area (Å²) in [6, 6.07) is 20.1. The van der Waals surface area contributed by atoms with Crippen molar-refractivity contribution in [2.75, 3.05) is 28.2 Å². The smallest absolute Gasteiger partial charge is 0.235 e. The fourth-order valence-electron chi connectivity index (χ4n) is 5.09.